The highest BCUT2D eigenvalue weighted by atomic mass is 32.1. The third kappa shape index (κ3) is 9.02. The van der Waals surface area contributed by atoms with E-state index in [4.69, 9.17) is 19.4 Å². The number of rotatable bonds is 11. The lowest BCUT2D eigenvalue weighted by molar-refractivity contribution is -0.139. The molecule has 0 spiro atoms. The van der Waals surface area contributed by atoms with Crippen molar-refractivity contribution in [2.45, 2.75) is 96.6 Å². The number of hydrogen-bond donors (Lipinski definition) is 5. The van der Waals surface area contributed by atoms with Gasteiger partial charge in [0.2, 0.25) is 11.8 Å². The van der Waals surface area contributed by atoms with Crippen molar-refractivity contribution in [2.75, 3.05) is 27.3 Å². The number of aromatic nitrogens is 3. The molecule has 2 fully saturated rings. The van der Waals surface area contributed by atoms with Gasteiger partial charge in [-0.15, -0.1) is 11.3 Å². The Hall–Kier alpha value is -5.64. The monoisotopic (exact) mass is 825 g/mol. The van der Waals surface area contributed by atoms with Gasteiger partial charge in [0.05, 0.1) is 54.1 Å². The van der Waals surface area contributed by atoms with Gasteiger partial charge in [-0.3, -0.25) is 9.59 Å². The summed E-state index contributed by atoms with van der Waals surface area (Å²) in [5.74, 6) is 0.289. The highest BCUT2D eigenvalue weighted by molar-refractivity contribution is 7.21. The normalized spacial score (nSPS) is 20.4. The number of carbonyl (C=O) groups excluding carboxylic acids is 4. The van der Waals surface area contributed by atoms with Crippen LogP contribution in [0, 0.1) is 11.8 Å². The van der Waals surface area contributed by atoms with E-state index in [0.717, 1.165) is 87.7 Å². The van der Waals surface area contributed by atoms with E-state index in [-0.39, 0.29) is 41.9 Å². The number of amides is 4. The molecule has 7 rings (SSSR count). The molecular formula is C43H55N9O6S. The van der Waals surface area contributed by atoms with Gasteiger partial charge in [0, 0.05) is 30.4 Å². The minimum atomic E-state index is -0.695. The Balaban J connectivity index is 1.02. The number of carbonyl (C=O) groups is 4. The number of imidazole rings is 1. The van der Waals surface area contributed by atoms with Crippen molar-refractivity contribution < 1.29 is 28.7 Å². The zero-order chi connectivity index (χ0) is 41.8. The molecule has 4 amide bonds. The molecule has 16 heteroatoms. The van der Waals surface area contributed by atoms with Gasteiger partial charge in [0.25, 0.3) is 0 Å². The Labute approximate surface area is 348 Å². The molecule has 59 heavy (non-hydrogen) atoms. The highest BCUT2D eigenvalue weighted by Gasteiger charge is 2.39. The lowest BCUT2D eigenvalue weighted by Gasteiger charge is -2.41. The summed E-state index contributed by atoms with van der Waals surface area (Å²) in [6.07, 6.45) is 7.80. The maximum Gasteiger partial charge on any atom is 0.407 e. The number of piperidine rings is 2. The molecule has 5 N–H and O–H groups in total. The number of fused-ring (bicyclic) bond motifs is 1. The third-order valence-corrected chi connectivity index (χ3v) is 12.6. The predicted octanol–water partition coefficient (Wildman–Crippen LogP) is 6.37. The van der Waals surface area contributed by atoms with Crippen molar-refractivity contribution in [3.63, 3.8) is 0 Å². The van der Waals surface area contributed by atoms with E-state index in [1.54, 1.807) is 11.3 Å². The molecule has 5 heterocycles. The van der Waals surface area contributed by atoms with Crippen LogP contribution in [-0.4, -0.2) is 100 Å². The van der Waals surface area contributed by atoms with Crippen LogP contribution in [0.3, 0.4) is 0 Å². The summed E-state index contributed by atoms with van der Waals surface area (Å²) in [6, 6.07) is 12.8. The SMILES string of the molecule is COC(=O)N[C@H](C(=O)N1CCCC[C@H]1c1ncc(-c2ccc(-c3nc4ccc(C5=CNC([C@@H]6CCCCN6C(=O)[C@@H](NC(=O)OC)C(C)C)N5)cc4s3)cc2)[nH]1)C(C)C. The number of likely N-dealkylation sites (tertiary alicyclic amines) is 2. The molecule has 1 unspecified atom stereocenters. The van der Waals surface area contributed by atoms with Gasteiger partial charge < -0.3 is 45.5 Å². The summed E-state index contributed by atoms with van der Waals surface area (Å²) in [5, 5.41) is 13.5. The van der Waals surface area contributed by atoms with E-state index in [1.807, 2.05) is 56.0 Å². The molecule has 0 bridgehead atoms. The summed E-state index contributed by atoms with van der Waals surface area (Å²) < 4.78 is 10.6. The van der Waals surface area contributed by atoms with Crippen LogP contribution < -0.4 is 21.3 Å². The van der Waals surface area contributed by atoms with Gasteiger partial charge in [-0.2, -0.15) is 0 Å². The fraction of sp³-hybridized carbons (Fsp3) is 0.488. The first-order chi connectivity index (χ1) is 28.4. The molecule has 0 aliphatic carbocycles. The van der Waals surface area contributed by atoms with Crippen molar-refractivity contribution in [1.82, 2.24) is 46.0 Å². The molecule has 314 valence electrons. The first-order valence-corrected chi connectivity index (χ1v) is 21.4. The summed E-state index contributed by atoms with van der Waals surface area (Å²) in [6.45, 7) is 8.88. The Kier molecular flexibility index (Phi) is 12.7. The molecule has 15 nitrogen and oxygen atoms in total. The largest absolute Gasteiger partial charge is 0.453 e. The Morgan fingerprint density at radius 3 is 2.07 bits per heavy atom. The van der Waals surface area contributed by atoms with E-state index in [1.165, 1.54) is 14.2 Å². The van der Waals surface area contributed by atoms with Crippen molar-refractivity contribution in [2.24, 2.45) is 11.8 Å². The van der Waals surface area contributed by atoms with Gasteiger partial charge >= 0.3 is 12.2 Å². The summed E-state index contributed by atoms with van der Waals surface area (Å²) >= 11 is 1.63. The quantitative estimate of drug-likeness (QED) is 0.114. The molecule has 2 saturated heterocycles. The van der Waals surface area contributed by atoms with Crippen LogP contribution in [-0.2, 0) is 19.1 Å². The zero-order valence-corrected chi connectivity index (χ0v) is 35.4. The third-order valence-electron chi connectivity index (χ3n) is 11.6. The predicted molar refractivity (Wildman–Crippen MR) is 227 cm³/mol. The smallest absolute Gasteiger partial charge is 0.407 e. The average Bonchev–Trinajstić information content (AvgIpc) is 4.04. The van der Waals surface area contributed by atoms with Crippen LogP contribution in [0.1, 0.15) is 83.6 Å². The number of alkyl carbamates (subject to hydrolysis) is 2. The molecule has 3 aliphatic heterocycles. The lowest BCUT2D eigenvalue weighted by Crippen LogP contribution is -2.61. The fourth-order valence-corrected chi connectivity index (χ4v) is 9.28. The second kappa shape index (κ2) is 18.1. The van der Waals surface area contributed by atoms with Gasteiger partial charge in [-0.25, -0.2) is 19.6 Å². The standard InChI is InChI=1S/C43H55N9O6S/c1-24(2)35(49-42(55)57-5)40(53)51-19-9-7-11-32(51)37-44-22-30(46-37)26-13-15-27(16-14-26)39-48-29-18-17-28(21-34(29)59-39)31-23-45-38(47-31)33-12-8-10-20-52(33)41(54)36(25(3)4)50-43(56)58-6/h13-18,21-25,32-33,35-36,38,45,47H,7-12,19-20H2,1-6H3,(H,44,46)(H,49,55)(H,50,56)/t32-,33-,35-,36-,38?/m0/s1. The zero-order valence-electron chi connectivity index (χ0n) is 34.5. The van der Waals surface area contributed by atoms with Crippen molar-refractivity contribution in [1.29, 1.82) is 0 Å². The molecule has 0 radical (unpaired) electrons. The number of H-pyrrole nitrogens is 1. The number of benzene rings is 2. The van der Waals surface area contributed by atoms with Gasteiger partial charge in [0.15, 0.2) is 0 Å². The van der Waals surface area contributed by atoms with Crippen molar-refractivity contribution >= 4 is 51.3 Å². The van der Waals surface area contributed by atoms with E-state index in [9.17, 15) is 19.2 Å². The van der Waals surface area contributed by atoms with Crippen LogP contribution in [0.25, 0.3) is 37.7 Å². The fourth-order valence-electron chi connectivity index (χ4n) is 8.27. The molecule has 5 atom stereocenters. The van der Waals surface area contributed by atoms with Gasteiger partial charge in [-0.1, -0.05) is 58.0 Å². The molecule has 4 aromatic rings. The lowest BCUT2D eigenvalue weighted by atomic mass is 9.95. The first kappa shape index (κ1) is 41.5. The van der Waals surface area contributed by atoms with Crippen LogP contribution >= 0.6 is 11.3 Å². The minimum absolute atomic E-state index is 0.0915. The molecule has 2 aromatic carbocycles. The summed E-state index contributed by atoms with van der Waals surface area (Å²) in [4.78, 5) is 68.5. The van der Waals surface area contributed by atoms with Gasteiger partial charge in [0.1, 0.15) is 29.1 Å². The Morgan fingerprint density at radius 2 is 1.41 bits per heavy atom. The van der Waals surface area contributed by atoms with Crippen molar-refractivity contribution in [3.05, 3.63) is 66.2 Å². The van der Waals surface area contributed by atoms with Crippen LogP contribution in [0.2, 0.25) is 0 Å². The minimum Gasteiger partial charge on any atom is -0.453 e. The maximum atomic E-state index is 13.8. The molecule has 2 aromatic heterocycles. The number of aromatic amines is 1. The molecule has 3 aliphatic rings. The molecular weight excluding hydrogens is 771 g/mol. The number of thiazole rings is 1. The topological polar surface area (TPSA) is 183 Å². The van der Waals surface area contributed by atoms with E-state index < -0.39 is 24.3 Å². The second-order valence-corrected chi connectivity index (χ2v) is 17.2. The Bertz CT molecular complexity index is 2180. The van der Waals surface area contributed by atoms with Crippen LogP contribution in [0.15, 0.2) is 54.9 Å². The highest BCUT2D eigenvalue weighted by Crippen LogP contribution is 2.35. The van der Waals surface area contributed by atoms with E-state index in [0.29, 0.717) is 13.1 Å². The molecule has 0 saturated carbocycles. The summed E-state index contributed by atoms with van der Waals surface area (Å²) in [7, 11) is 2.60. The van der Waals surface area contributed by atoms with Gasteiger partial charge in [-0.05, 0) is 68.1 Å². The number of hydrogen-bond acceptors (Lipinski definition) is 11. The van der Waals surface area contributed by atoms with Crippen LogP contribution in [0.4, 0.5) is 9.59 Å². The first-order valence-electron chi connectivity index (χ1n) is 20.5. The van der Waals surface area contributed by atoms with E-state index >= 15 is 0 Å². The average molecular weight is 826 g/mol. The number of nitrogens with one attached hydrogen (secondary N) is 5. The maximum absolute atomic E-state index is 13.8. The van der Waals surface area contributed by atoms with E-state index in [2.05, 4.69) is 62.6 Å². The Morgan fingerprint density at radius 1 is 0.797 bits per heavy atom. The van der Waals surface area contributed by atoms with Crippen LogP contribution in [0.5, 0.6) is 0 Å². The summed E-state index contributed by atoms with van der Waals surface area (Å²) in [5.41, 5.74) is 5.70. The number of ether oxygens (including phenoxy) is 2. The second-order valence-electron chi connectivity index (χ2n) is 16.2. The number of methoxy groups -OCH3 is 2. The number of nitrogens with zero attached hydrogens (tertiary/aromatic N) is 4. The van der Waals surface area contributed by atoms with Crippen molar-refractivity contribution in [3.8, 4) is 21.8 Å².